The van der Waals surface area contributed by atoms with Gasteiger partial charge in [0.15, 0.2) is 0 Å². The summed E-state index contributed by atoms with van der Waals surface area (Å²) in [5, 5.41) is 13.7. The van der Waals surface area contributed by atoms with Gasteiger partial charge in [0, 0.05) is 12.6 Å². The van der Waals surface area contributed by atoms with Crippen molar-refractivity contribution in [2.45, 2.75) is 58.6 Å². The van der Waals surface area contributed by atoms with E-state index < -0.39 is 5.60 Å². The quantitative estimate of drug-likeness (QED) is 0.746. The highest BCUT2D eigenvalue weighted by Gasteiger charge is 2.26. The van der Waals surface area contributed by atoms with Crippen LogP contribution in [0.4, 0.5) is 0 Å². The fraction of sp³-hybridized carbons (Fsp3) is 1.00. The van der Waals surface area contributed by atoms with E-state index in [1.807, 2.05) is 6.92 Å². The molecule has 1 saturated heterocycles. The van der Waals surface area contributed by atoms with Crippen LogP contribution in [0.2, 0.25) is 0 Å². The molecule has 1 aliphatic rings. The summed E-state index contributed by atoms with van der Waals surface area (Å²) < 4.78 is 0. The van der Waals surface area contributed by atoms with Gasteiger partial charge >= 0.3 is 0 Å². The minimum Gasteiger partial charge on any atom is -0.389 e. The summed E-state index contributed by atoms with van der Waals surface area (Å²) in [6.45, 7) is 12.7. The zero-order chi connectivity index (χ0) is 12.9. The number of piperidine rings is 1. The number of nitrogens with one attached hydrogen (secondary N) is 1. The van der Waals surface area contributed by atoms with Crippen LogP contribution in [0.3, 0.4) is 0 Å². The Bertz CT molecular complexity index is 208. The van der Waals surface area contributed by atoms with Crippen molar-refractivity contribution in [1.82, 2.24) is 10.2 Å². The summed E-state index contributed by atoms with van der Waals surface area (Å²) in [6.07, 6.45) is 3.68. The molecule has 0 aromatic carbocycles. The monoisotopic (exact) mass is 242 g/mol. The van der Waals surface area contributed by atoms with Gasteiger partial charge in [0.25, 0.3) is 0 Å². The summed E-state index contributed by atoms with van der Waals surface area (Å²) in [5.74, 6) is 0.301. The molecule has 3 heteroatoms. The van der Waals surface area contributed by atoms with Gasteiger partial charge in [-0.1, -0.05) is 20.8 Å². The predicted molar refractivity (Wildman–Crippen MR) is 73.2 cm³/mol. The van der Waals surface area contributed by atoms with Gasteiger partial charge in [-0.3, -0.25) is 0 Å². The average Bonchev–Trinajstić information content (AvgIpc) is 2.28. The second kappa shape index (κ2) is 6.72. The normalized spacial score (nSPS) is 22.9. The van der Waals surface area contributed by atoms with Crippen LogP contribution in [0.5, 0.6) is 0 Å². The molecule has 0 amide bonds. The third kappa shape index (κ3) is 4.94. The Morgan fingerprint density at radius 1 is 1.35 bits per heavy atom. The Morgan fingerprint density at radius 3 is 2.41 bits per heavy atom. The highest BCUT2D eigenvalue weighted by molar-refractivity contribution is 4.83. The molecule has 0 aliphatic carbocycles. The molecule has 3 nitrogen and oxygen atoms in total. The van der Waals surface area contributed by atoms with Crippen LogP contribution in [0.15, 0.2) is 0 Å². The van der Waals surface area contributed by atoms with Crippen LogP contribution < -0.4 is 5.32 Å². The van der Waals surface area contributed by atoms with Crippen molar-refractivity contribution in [3.63, 3.8) is 0 Å². The van der Waals surface area contributed by atoms with Gasteiger partial charge in [-0.25, -0.2) is 0 Å². The van der Waals surface area contributed by atoms with Crippen molar-refractivity contribution < 1.29 is 5.11 Å². The molecule has 0 bridgehead atoms. The number of hydrogen-bond acceptors (Lipinski definition) is 3. The van der Waals surface area contributed by atoms with E-state index in [4.69, 9.17) is 0 Å². The van der Waals surface area contributed by atoms with Crippen molar-refractivity contribution in [1.29, 1.82) is 0 Å². The van der Waals surface area contributed by atoms with E-state index in [1.54, 1.807) is 0 Å². The van der Waals surface area contributed by atoms with Crippen LogP contribution in [-0.4, -0.2) is 47.8 Å². The van der Waals surface area contributed by atoms with Crippen LogP contribution in [0.1, 0.15) is 47.0 Å². The number of likely N-dealkylation sites (tertiary alicyclic amines) is 1. The molecule has 1 unspecified atom stereocenters. The van der Waals surface area contributed by atoms with Gasteiger partial charge in [0.05, 0.1) is 5.60 Å². The van der Waals surface area contributed by atoms with Crippen LogP contribution >= 0.6 is 0 Å². The molecule has 1 atom stereocenters. The highest BCUT2D eigenvalue weighted by Crippen LogP contribution is 2.16. The highest BCUT2D eigenvalue weighted by atomic mass is 16.3. The van der Waals surface area contributed by atoms with Crippen molar-refractivity contribution in [3.05, 3.63) is 0 Å². The van der Waals surface area contributed by atoms with Crippen LogP contribution in [0.25, 0.3) is 0 Å². The third-order valence-electron chi connectivity index (χ3n) is 4.12. The minimum absolute atomic E-state index is 0.301. The SMILES string of the molecule is CCCN1CCC(NCC(C)(O)C(C)C)CC1. The Hall–Kier alpha value is -0.120. The summed E-state index contributed by atoms with van der Waals surface area (Å²) in [7, 11) is 0. The first kappa shape index (κ1) is 14.9. The lowest BCUT2D eigenvalue weighted by atomic mass is 9.92. The summed E-state index contributed by atoms with van der Waals surface area (Å²) in [4.78, 5) is 2.54. The van der Waals surface area contributed by atoms with Crippen LogP contribution in [-0.2, 0) is 0 Å². The number of rotatable bonds is 6. The van der Waals surface area contributed by atoms with Gasteiger partial charge in [0.1, 0.15) is 0 Å². The molecule has 0 aromatic rings. The van der Waals surface area contributed by atoms with E-state index in [9.17, 15) is 5.11 Å². The molecule has 1 fully saturated rings. The van der Waals surface area contributed by atoms with Gasteiger partial charge < -0.3 is 15.3 Å². The zero-order valence-electron chi connectivity index (χ0n) is 12.0. The lowest BCUT2D eigenvalue weighted by molar-refractivity contribution is 0.00966. The summed E-state index contributed by atoms with van der Waals surface area (Å²) in [6, 6.07) is 0.591. The first-order valence-electron chi connectivity index (χ1n) is 7.14. The predicted octanol–water partition coefficient (Wildman–Crippen LogP) is 1.86. The van der Waals surface area contributed by atoms with E-state index >= 15 is 0 Å². The smallest absolute Gasteiger partial charge is 0.0766 e. The Morgan fingerprint density at radius 2 is 1.94 bits per heavy atom. The number of nitrogens with zero attached hydrogens (tertiary/aromatic N) is 1. The molecule has 1 aliphatic heterocycles. The molecule has 1 rings (SSSR count). The average molecular weight is 242 g/mol. The summed E-state index contributed by atoms with van der Waals surface area (Å²) >= 11 is 0. The first-order chi connectivity index (χ1) is 7.95. The second-order valence-electron chi connectivity index (χ2n) is 6.01. The number of hydrogen-bond donors (Lipinski definition) is 2. The zero-order valence-corrected chi connectivity index (χ0v) is 12.0. The molecular formula is C14H30N2O. The van der Waals surface area contributed by atoms with E-state index in [1.165, 1.54) is 38.9 Å². The fourth-order valence-corrected chi connectivity index (χ4v) is 2.23. The maximum atomic E-state index is 10.2. The van der Waals surface area contributed by atoms with Crippen LogP contribution in [0, 0.1) is 5.92 Å². The van der Waals surface area contributed by atoms with Gasteiger partial charge in [-0.2, -0.15) is 0 Å². The Kier molecular flexibility index (Phi) is 5.90. The Labute approximate surface area is 107 Å². The standard InChI is InChI=1S/C14H30N2O/c1-5-8-16-9-6-13(7-10-16)15-11-14(4,17)12(2)3/h12-13,15,17H,5-11H2,1-4H3. The molecule has 102 valence electrons. The Balaban J connectivity index is 2.22. The topological polar surface area (TPSA) is 35.5 Å². The van der Waals surface area contributed by atoms with E-state index in [0.29, 0.717) is 18.5 Å². The number of aliphatic hydroxyl groups is 1. The molecular weight excluding hydrogens is 212 g/mol. The van der Waals surface area contributed by atoms with Crippen molar-refractivity contribution in [3.8, 4) is 0 Å². The summed E-state index contributed by atoms with van der Waals surface area (Å²) in [5.41, 5.74) is -0.583. The molecule has 0 saturated carbocycles. The lowest BCUT2D eigenvalue weighted by Gasteiger charge is -2.35. The first-order valence-corrected chi connectivity index (χ1v) is 7.14. The molecule has 1 heterocycles. The van der Waals surface area contributed by atoms with E-state index in [2.05, 4.69) is 31.0 Å². The van der Waals surface area contributed by atoms with Crippen molar-refractivity contribution >= 4 is 0 Å². The maximum absolute atomic E-state index is 10.2. The third-order valence-corrected chi connectivity index (χ3v) is 4.12. The maximum Gasteiger partial charge on any atom is 0.0766 e. The fourth-order valence-electron chi connectivity index (χ4n) is 2.23. The molecule has 2 N–H and O–H groups in total. The van der Waals surface area contributed by atoms with Crippen molar-refractivity contribution in [2.75, 3.05) is 26.2 Å². The lowest BCUT2D eigenvalue weighted by Crippen LogP contribution is -2.49. The minimum atomic E-state index is -0.583. The van der Waals surface area contributed by atoms with E-state index in [-0.39, 0.29) is 0 Å². The van der Waals surface area contributed by atoms with Gasteiger partial charge in [-0.05, 0) is 51.7 Å². The van der Waals surface area contributed by atoms with Crippen molar-refractivity contribution in [2.24, 2.45) is 5.92 Å². The molecule has 0 aromatic heterocycles. The second-order valence-corrected chi connectivity index (χ2v) is 6.01. The van der Waals surface area contributed by atoms with Gasteiger partial charge in [0.2, 0.25) is 0 Å². The van der Waals surface area contributed by atoms with E-state index in [0.717, 1.165) is 0 Å². The molecule has 0 radical (unpaired) electrons. The molecule has 17 heavy (non-hydrogen) atoms. The van der Waals surface area contributed by atoms with Gasteiger partial charge in [-0.15, -0.1) is 0 Å². The largest absolute Gasteiger partial charge is 0.389 e. The molecule has 0 spiro atoms.